The highest BCUT2D eigenvalue weighted by Crippen LogP contribution is 2.20. The van der Waals surface area contributed by atoms with E-state index in [2.05, 4.69) is 0 Å². The van der Waals surface area contributed by atoms with Crippen LogP contribution in [0.5, 0.6) is 5.75 Å². The molecule has 0 bridgehead atoms. The smallest absolute Gasteiger partial charge is 0.504 e. The molecular weight excluding hydrogens is 221 g/mol. The molecule has 0 aliphatic carbocycles. The van der Waals surface area contributed by atoms with Crippen molar-refractivity contribution in [3.63, 3.8) is 0 Å². The van der Waals surface area contributed by atoms with Crippen LogP contribution in [0.2, 0.25) is 0 Å². The molecule has 0 saturated carbocycles. The molecular formula is C11H16BNO4. The Hall–Kier alpha value is -1.53. The zero-order chi connectivity index (χ0) is 13.1. The number of hydrogen-bond acceptors (Lipinski definition) is 4. The van der Waals surface area contributed by atoms with Gasteiger partial charge in [0.25, 0.3) is 0 Å². The van der Waals surface area contributed by atoms with Gasteiger partial charge in [0, 0.05) is 6.42 Å². The van der Waals surface area contributed by atoms with Gasteiger partial charge < -0.3 is 20.5 Å². The fourth-order valence-corrected chi connectivity index (χ4v) is 1.50. The van der Waals surface area contributed by atoms with E-state index in [1.165, 1.54) is 6.92 Å². The lowest BCUT2D eigenvalue weighted by Gasteiger charge is -2.20. The second-order valence-electron chi connectivity index (χ2n) is 4.26. The minimum atomic E-state index is -1.29. The molecule has 0 aromatic heterocycles. The molecule has 1 atom stereocenters. The summed E-state index contributed by atoms with van der Waals surface area (Å²) in [5, 5.41) is 17.6. The maximum Gasteiger partial charge on any atom is 0.504 e. The molecule has 5 nitrogen and oxygen atoms in total. The maximum absolute atomic E-state index is 10.9. The summed E-state index contributed by atoms with van der Waals surface area (Å²) >= 11 is 0. The molecule has 0 aliphatic rings. The van der Waals surface area contributed by atoms with Gasteiger partial charge >= 0.3 is 13.7 Å². The van der Waals surface area contributed by atoms with Crippen molar-refractivity contribution in [3.8, 4) is 5.75 Å². The van der Waals surface area contributed by atoms with E-state index >= 15 is 0 Å². The zero-order valence-electron chi connectivity index (χ0n) is 9.93. The van der Waals surface area contributed by atoms with E-state index in [0.29, 0.717) is 5.75 Å². The van der Waals surface area contributed by atoms with Crippen LogP contribution < -0.4 is 10.4 Å². The van der Waals surface area contributed by atoms with E-state index in [-0.39, 0.29) is 14.1 Å². The van der Waals surface area contributed by atoms with Crippen molar-refractivity contribution in [2.45, 2.75) is 25.8 Å². The Kier molecular flexibility index (Phi) is 4.14. The van der Waals surface area contributed by atoms with E-state index in [4.69, 9.17) is 20.5 Å². The Balaban J connectivity index is 2.90. The third kappa shape index (κ3) is 3.47. The molecule has 0 heterocycles. The largest absolute Gasteiger partial charge is 0.539 e. The van der Waals surface area contributed by atoms with Gasteiger partial charge in [0.2, 0.25) is 0 Å². The SMILES string of the molecule is Cc1cc(OBO)ccc1C[C@](C)(N)C(=O)O. The Labute approximate surface area is 101 Å². The topological polar surface area (TPSA) is 92.8 Å². The van der Waals surface area contributed by atoms with Crippen LogP contribution in [0.4, 0.5) is 0 Å². The quantitative estimate of drug-likeness (QED) is 0.625. The molecule has 0 spiro atoms. The lowest BCUT2D eigenvalue weighted by molar-refractivity contribution is -0.142. The molecule has 0 unspecified atom stereocenters. The second-order valence-corrected chi connectivity index (χ2v) is 4.26. The molecule has 0 fully saturated rings. The van der Waals surface area contributed by atoms with Crippen molar-refractivity contribution in [1.82, 2.24) is 0 Å². The van der Waals surface area contributed by atoms with Crippen LogP contribution >= 0.6 is 0 Å². The molecule has 1 rings (SSSR count). The monoisotopic (exact) mass is 237 g/mol. The van der Waals surface area contributed by atoms with E-state index < -0.39 is 11.5 Å². The van der Waals surface area contributed by atoms with Gasteiger partial charge in [-0.15, -0.1) is 0 Å². The Morgan fingerprint density at radius 3 is 2.71 bits per heavy atom. The van der Waals surface area contributed by atoms with Crippen LogP contribution in [0.15, 0.2) is 18.2 Å². The molecule has 1 aromatic rings. The predicted molar refractivity (Wildman–Crippen MR) is 65.1 cm³/mol. The number of hydrogen-bond donors (Lipinski definition) is 3. The van der Waals surface area contributed by atoms with Crippen LogP contribution in [0.1, 0.15) is 18.1 Å². The third-order valence-corrected chi connectivity index (χ3v) is 2.59. The van der Waals surface area contributed by atoms with Gasteiger partial charge in [-0.3, -0.25) is 4.79 Å². The standard InChI is InChI=1S/C11H16BNO4/c1-7-5-9(17-12-16)4-3-8(7)6-11(2,13)10(14)15/h3-5,12,16H,6,13H2,1-2H3,(H,14,15)/t11-/m0/s1. The Bertz CT molecular complexity index is 420. The minimum absolute atomic E-state index is 0.244. The average Bonchev–Trinajstić information content (AvgIpc) is 2.22. The molecule has 6 heteroatoms. The number of aryl methyl sites for hydroxylation is 1. The zero-order valence-corrected chi connectivity index (χ0v) is 9.93. The minimum Gasteiger partial charge on any atom is -0.539 e. The molecule has 0 saturated heterocycles. The first-order valence-corrected chi connectivity index (χ1v) is 5.22. The summed E-state index contributed by atoms with van der Waals surface area (Å²) in [4.78, 5) is 10.9. The van der Waals surface area contributed by atoms with Crippen LogP contribution in [-0.2, 0) is 11.2 Å². The first kappa shape index (κ1) is 13.5. The van der Waals surface area contributed by atoms with Gasteiger partial charge in [0.05, 0.1) is 0 Å². The molecule has 0 amide bonds. The maximum atomic E-state index is 10.9. The first-order chi connectivity index (χ1) is 7.86. The van der Waals surface area contributed by atoms with Crippen LogP contribution in [0, 0.1) is 6.92 Å². The summed E-state index contributed by atoms with van der Waals surface area (Å²) in [7, 11) is -0.386. The van der Waals surface area contributed by atoms with Gasteiger partial charge in [-0.05, 0) is 37.1 Å². The van der Waals surface area contributed by atoms with Crippen molar-refractivity contribution < 1.29 is 19.6 Å². The van der Waals surface area contributed by atoms with E-state index in [1.54, 1.807) is 18.2 Å². The van der Waals surface area contributed by atoms with Gasteiger partial charge in [-0.1, -0.05) is 6.07 Å². The van der Waals surface area contributed by atoms with E-state index in [0.717, 1.165) is 11.1 Å². The fraction of sp³-hybridized carbons (Fsp3) is 0.364. The summed E-state index contributed by atoms with van der Waals surface area (Å²) in [6.45, 7) is 3.32. The highest BCUT2D eigenvalue weighted by molar-refractivity contribution is 6.17. The Morgan fingerprint density at radius 2 is 2.24 bits per heavy atom. The highest BCUT2D eigenvalue weighted by atomic mass is 16.5. The molecule has 1 aromatic carbocycles. The van der Waals surface area contributed by atoms with Gasteiger partial charge in [0.15, 0.2) is 0 Å². The number of aliphatic carboxylic acids is 1. The number of carbonyl (C=O) groups is 1. The fourth-order valence-electron chi connectivity index (χ4n) is 1.50. The number of rotatable bonds is 5. The molecule has 17 heavy (non-hydrogen) atoms. The summed E-state index contributed by atoms with van der Waals surface area (Å²) < 4.78 is 4.93. The summed E-state index contributed by atoms with van der Waals surface area (Å²) in [6.07, 6.45) is 0.244. The molecule has 0 radical (unpaired) electrons. The highest BCUT2D eigenvalue weighted by Gasteiger charge is 2.28. The molecule has 4 N–H and O–H groups in total. The van der Waals surface area contributed by atoms with Crippen LogP contribution in [0.3, 0.4) is 0 Å². The van der Waals surface area contributed by atoms with Crippen LogP contribution in [-0.4, -0.2) is 29.3 Å². The van der Waals surface area contributed by atoms with E-state index in [9.17, 15) is 4.79 Å². The second kappa shape index (κ2) is 5.20. The summed E-state index contributed by atoms with van der Waals surface area (Å²) in [6, 6.07) is 5.17. The van der Waals surface area contributed by atoms with Crippen molar-refractivity contribution >= 4 is 13.7 Å². The normalized spacial score (nSPS) is 13.9. The predicted octanol–water partition coefficient (Wildman–Crippen LogP) is -0.0229. The van der Waals surface area contributed by atoms with Gasteiger partial charge in [0.1, 0.15) is 11.3 Å². The summed E-state index contributed by atoms with van der Waals surface area (Å²) in [5.41, 5.74) is 6.13. The third-order valence-electron chi connectivity index (χ3n) is 2.59. The molecule has 0 aliphatic heterocycles. The number of nitrogens with two attached hydrogens (primary N) is 1. The lowest BCUT2D eigenvalue weighted by atomic mass is 9.91. The summed E-state index contributed by atoms with van der Waals surface area (Å²) in [5.74, 6) is -0.490. The first-order valence-electron chi connectivity index (χ1n) is 5.22. The van der Waals surface area contributed by atoms with Crippen LogP contribution in [0.25, 0.3) is 0 Å². The average molecular weight is 237 g/mol. The van der Waals surface area contributed by atoms with Crippen molar-refractivity contribution in [3.05, 3.63) is 29.3 Å². The van der Waals surface area contributed by atoms with Gasteiger partial charge in [-0.2, -0.15) is 0 Å². The van der Waals surface area contributed by atoms with Gasteiger partial charge in [-0.25, -0.2) is 0 Å². The van der Waals surface area contributed by atoms with Crippen molar-refractivity contribution in [1.29, 1.82) is 0 Å². The lowest BCUT2D eigenvalue weighted by Crippen LogP contribution is -2.46. The van der Waals surface area contributed by atoms with Crippen molar-refractivity contribution in [2.24, 2.45) is 5.73 Å². The number of benzene rings is 1. The number of carboxylic acid groups (broad SMARTS) is 1. The Morgan fingerprint density at radius 1 is 1.59 bits per heavy atom. The number of carboxylic acids is 1. The van der Waals surface area contributed by atoms with Crippen molar-refractivity contribution in [2.75, 3.05) is 0 Å². The molecule has 92 valence electrons. The van der Waals surface area contributed by atoms with E-state index in [1.807, 2.05) is 6.92 Å².